The molecule has 2 aliphatic rings. The number of hydrogen-bond acceptors (Lipinski definition) is 5. The molecular formula is C20H30N4O3. The number of carbonyl (C=O) groups excluding carboxylic acids is 1. The van der Waals surface area contributed by atoms with E-state index in [0.29, 0.717) is 29.6 Å². The molecule has 7 heteroatoms. The summed E-state index contributed by atoms with van der Waals surface area (Å²) < 4.78 is 0. The molecule has 2 atom stereocenters. The molecule has 1 N–H and O–H groups in total. The standard InChI is InChI=1S/C20H30N4O3/c1-15-11-16(2)14-22(13-15)10-7-21-20(25)17-5-6-18(19(12-17)24(26)27)23-8-3-4-9-23/h5-6,12,15-16H,3-4,7-11,13-14H2,1-2H3,(H,21,25). The van der Waals surface area contributed by atoms with Crippen LogP contribution in [0, 0.1) is 22.0 Å². The summed E-state index contributed by atoms with van der Waals surface area (Å²) in [4.78, 5) is 28.0. The lowest BCUT2D eigenvalue weighted by atomic mass is 9.92. The maximum atomic E-state index is 12.5. The van der Waals surface area contributed by atoms with Gasteiger partial charge in [-0.2, -0.15) is 0 Å². The highest BCUT2D eigenvalue weighted by molar-refractivity contribution is 5.95. The summed E-state index contributed by atoms with van der Waals surface area (Å²) in [5.41, 5.74) is 0.985. The lowest BCUT2D eigenvalue weighted by Gasteiger charge is -2.34. The number of anilines is 1. The van der Waals surface area contributed by atoms with Gasteiger partial charge in [-0.05, 0) is 43.2 Å². The van der Waals surface area contributed by atoms with Crippen LogP contribution in [0.3, 0.4) is 0 Å². The molecule has 2 fully saturated rings. The topological polar surface area (TPSA) is 78.7 Å². The van der Waals surface area contributed by atoms with Gasteiger partial charge in [-0.3, -0.25) is 14.9 Å². The van der Waals surface area contributed by atoms with E-state index in [9.17, 15) is 14.9 Å². The molecule has 7 nitrogen and oxygen atoms in total. The van der Waals surface area contributed by atoms with Crippen molar-refractivity contribution < 1.29 is 9.72 Å². The van der Waals surface area contributed by atoms with E-state index in [1.165, 1.54) is 12.5 Å². The fourth-order valence-corrected chi connectivity index (χ4v) is 4.44. The van der Waals surface area contributed by atoms with E-state index < -0.39 is 0 Å². The summed E-state index contributed by atoms with van der Waals surface area (Å²) >= 11 is 0. The van der Waals surface area contributed by atoms with E-state index >= 15 is 0 Å². The van der Waals surface area contributed by atoms with Crippen LogP contribution in [-0.2, 0) is 0 Å². The SMILES string of the molecule is CC1CC(C)CN(CCNC(=O)c2ccc(N3CCCC3)c([N+](=O)[O-])c2)C1. The van der Waals surface area contributed by atoms with Gasteiger partial charge in [-0.15, -0.1) is 0 Å². The van der Waals surface area contributed by atoms with Gasteiger partial charge in [0.25, 0.3) is 11.6 Å². The Morgan fingerprint density at radius 3 is 2.52 bits per heavy atom. The number of carbonyl (C=O) groups is 1. The zero-order valence-electron chi connectivity index (χ0n) is 16.3. The average molecular weight is 374 g/mol. The van der Waals surface area contributed by atoms with Crippen LogP contribution in [0.5, 0.6) is 0 Å². The number of nitrogens with one attached hydrogen (secondary N) is 1. The van der Waals surface area contributed by atoms with E-state index in [-0.39, 0.29) is 16.5 Å². The Labute approximate surface area is 160 Å². The first-order valence-electron chi connectivity index (χ1n) is 9.98. The molecule has 2 saturated heterocycles. The van der Waals surface area contributed by atoms with Crippen LogP contribution < -0.4 is 10.2 Å². The van der Waals surface area contributed by atoms with Gasteiger partial charge >= 0.3 is 0 Å². The Kier molecular flexibility index (Phi) is 6.31. The maximum absolute atomic E-state index is 12.5. The van der Waals surface area contributed by atoms with Crippen molar-refractivity contribution in [3.05, 3.63) is 33.9 Å². The Bertz CT molecular complexity index is 678. The summed E-state index contributed by atoms with van der Waals surface area (Å²) in [6.45, 7) is 9.70. The molecule has 0 aromatic heterocycles. The van der Waals surface area contributed by atoms with Crippen LogP contribution in [0.15, 0.2) is 18.2 Å². The number of amides is 1. The Morgan fingerprint density at radius 1 is 1.22 bits per heavy atom. The van der Waals surface area contributed by atoms with Gasteiger partial charge in [-0.1, -0.05) is 13.8 Å². The van der Waals surface area contributed by atoms with Gasteiger partial charge in [0.15, 0.2) is 0 Å². The molecule has 2 heterocycles. The number of piperidine rings is 1. The summed E-state index contributed by atoms with van der Waals surface area (Å²) in [6, 6.07) is 4.82. The zero-order valence-corrected chi connectivity index (χ0v) is 16.3. The number of nitro benzene ring substituents is 1. The normalized spacial score (nSPS) is 23.4. The van der Waals surface area contributed by atoms with Crippen LogP contribution in [0.2, 0.25) is 0 Å². The summed E-state index contributed by atoms with van der Waals surface area (Å²) in [5, 5.41) is 14.4. The molecule has 1 aromatic carbocycles. The second-order valence-corrected chi connectivity index (χ2v) is 8.12. The quantitative estimate of drug-likeness (QED) is 0.612. The number of benzene rings is 1. The van der Waals surface area contributed by atoms with Crippen molar-refractivity contribution in [1.29, 1.82) is 0 Å². The van der Waals surface area contributed by atoms with Crippen molar-refractivity contribution >= 4 is 17.3 Å². The van der Waals surface area contributed by atoms with Crippen molar-refractivity contribution in [1.82, 2.24) is 10.2 Å². The number of hydrogen-bond donors (Lipinski definition) is 1. The third-order valence-corrected chi connectivity index (χ3v) is 5.54. The van der Waals surface area contributed by atoms with Crippen LogP contribution >= 0.6 is 0 Å². The first-order valence-corrected chi connectivity index (χ1v) is 9.98. The summed E-state index contributed by atoms with van der Waals surface area (Å²) in [7, 11) is 0. The highest BCUT2D eigenvalue weighted by atomic mass is 16.6. The molecule has 1 aromatic rings. The van der Waals surface area contributed by atoms with E-state index in [1.807, 2.05) is 4.90 Å². The molecule has 0 spiro atoms. The smallest absolute Gasteiger partial charge is 0.293 e. The third kappa shape index (κ3) is 4.97. The molecule has 3 rings (SSSR count). The largest absolute Gasteiger partial charge is 0.366 e. The van der Waals surface area contributed by atoms with Crippen LogP contribution in [-0.4, -0.2) is 55.0 Å². The summed E-state index contributed by atoms with van der Waals surface area (Å²) in [6.07, 6.45) is 3.36. The van der Waals surface area contributed by atoms with E-state index in [1.54, 1.807) is 12.1 Å². The predicted octanol–water partition coefficient (Wildman–Crippen LogP) is 2.90. The molecule has 0 bridgehead atoms. The molecule has 0 aliphatic carbocycles. The number of likely N-dealkylation sites (tertiary alicyclic amines) is 1. The molecule has 148 valence electrons. The fraction of sp³-hybridized carbons (Fsp3) is 0.650. The predicted molar refractivity (Wildman–Crippen MR) is 106 cm³/mol. The lowest BCUT2D eigenvalue weighted by molar-refractivity contribution is -0.384. The lowest BCUT2D eigenvalue weighted by Crippen LogP contribution is -2.42. The first kappa shape index (κ1) is 19.6. The number of nitro groups is 1. The minimum atomic E-state index is -0.388. The monoisotopic (exact) mass is 374 g/mol. The summed E-state index contributed by atoms with van der Waals surface area (Å²) in [5.74, 6) is 1.12. The molecule has 2 aliphatic heterocycles. The fourth-order valence-electron chi connectivity index (χ4n) is 4.44. The van der Waals surface area contributed by atoms with Gasteiger partial charge in [0.05, 0.1) is 4.92 Å². The van der Waals surface area contributed by atoms with Crippen LogP contribution in [0.1, 0.15) is 43.5 Å². The average Bonchev–Trinajstić information content (AvgIpc) is 3.14. The molecule has 1 amide bonds. The number of nitrogens with zero attached hydrogens (tertiary/aromatic N) is 3. The minimum absolute atomic E-state index is 0.0169. The van der Waals surface area contributed by atoms with Crippen molar-refractivity contribution in [2.45, 2.75) is 33.1 Å². The maximum Gasteiger partial charge on any atom is 0.293 e. The number of rotatable bonds is 6. The van der Waals surface area contributed by atoms with E-state index in [2.05, 4.69) is 24.1 Å². The van der Waals surface area contributed by atoms with Crippen molar-refractivity contribution in [2.24, 2.45) is 11.8 Å². The Balaban J connectivity index is 1.59. The van der Waals surface area contributed by atoms with E-state index in [0.717, 1.165) is 45.6 Å². The highest BCUT2D eigenvalue weighted by Crippen LogP contribution is 2.31. The van der Waals surface area contributed by atoms with Gasteiger partial charge in [-0.25, -0.2) is 0 Å². The van der Waals surface area contributed by atoms with E-state index in [4.69, 9.17) is 0 Å². The molecule has 0 radical (unpaired) electrons. The second kappa shape index (κ2) is 8.69. The van der Waals surface area contributed by atoms with Gasteiger partial charge in [0.2, 0.25) is 0 Å². The molecular weight excluding hydrogens is 344 g/mol. The Hall–Kier alpha value is -2.15. The molecule has 27 heavy (non-hydrogen) atoms. The molecule has 0 saturated carbocycles. The zero-order chi connectivity index (χ0) is 19.4. The minimum Gasteiger partial charge on any atom is -0.366 e. The Morgan fingerprint density at radius 2 is 1.89 bits per heavy atom. The second-order valence-electron chi connectivity index (χ2n) is 8.12. The first-order chi connectivity index (χ1) is 12.9. The van der Waals surface area contributed by atoms with Gasteiger partial charge < -0.3 is 15.1 Å². The third-order valence-electron chi connectivity index (χ3n) is 5.54. The van der Waals surface area contributed by atoms with Crippen molar-refractivity contribution in [3.63, 3.8) is 0 Å². The molecule has 2 unspecified atom stereocenters. The highest BCUT2D eigenvalue weighted by Gasteiger charge is 2.24. The van der Waals surface area contributed by atoms with Crippen LogP contribution in [0.4, 0.5) is 11.4 Å². The van der Waals surface area contributed by atoms with Crippen molar-refractivity contribution in [3.8, 4) is 0 Å². The van der Waals surface area contributed by atoms with Gasteiger partial charge in [0, 0.05) is 50.9 Å². The van der Waals surface area contributed by atoms with Crippen molar-refractivity contribution in [2.75, 3.05) is 44.2 Å². The van der Waals surface area contributed by atoms with Gasteiger partial charge in [0.1, 0.15) is 5.69 Å². The van der Waals surface area contributed by atoms with Crippen LogP contribution in [0.25, 0.3) is 0 Å².